The smallest absolute Gasteiger partial charge is 0.255 e. The van der Waals surface area contributed by atoms with E-state index in [1.54, 1.807) is 25.0 Å². The molecule has 9 nitrogen and oxygen atoms in total. The molecule has 0 radical (unpaired) electrons. The second-order valence-electron chi connectivity index (χ2n) is 7.80. The molecule has 0 saturated carbocycles. The zero-order valence-electron chi connectivity index (χ0n) is 18.1. The van der Waals surface area contributed by atoms with Gasteiger partial charge in [0.15, 0.2) is 5.76 Å². The maximum Gasteiger partial charge on any atom is 0.255 e. The van der Waals surface area contributed by atoms with Gasteiger partial charge in [-0.2, -0.15) is 4.31 Å². The second kappa shape index (κ2) is 8.01. The lowest BCUT2D eigenvalue weighted by molar-refractivity contribution is 0.0697. The molecule has 1 amide bonds. The quantitative estimate of drug-likeness (QED) is 0.597. The van der Waals surface area contributed by atoms with Crippen LogP contribution in [-0.2, 0) is 16.6 Å². The third kappa shape index (κ3) is 3.81. The van der Waals surface area contributed by atoms with Crippen molar-refractivity contribution in [2.24, 2.45) is 0 Å². The number of piperazine rings is 1. The number of sulfonamides is 1. The van der Waals surface area contributed by atoms with Crippen molar-refractivity contribution < 1.29 is 22.2 Å². The van der Waals surface area contributed by atoms with Crippen molar-refractivity contribution in [1.29, 1.82) is 0 Å². The Labute approximate surface area is 181 Å². The summed E-state index contributed by atoms with van der Waals surface area (Å²) < 4.78 is 39.9. The zero-order valence-corrected chi connectivity index (χ0v) is 18.9. The number of furan rings is 1. The van der Waals surface area contributed by atoms with E-state index in [4.69, 9.17) is 8.94 Å². The molecule has 1 saturated heterocycles. The van der Waals surface area contributed by atoms with E-state index in [9.17, 15) is 13.2 Å². The van der Waals surface area contributed by atoms with Gasteiger partial charge in [-0.15, -0.1) is 0 Å². The van der Waals surface area contributed by atoms with Crippen molar-refractivity contribution in [3.63, 3.8) is 0 Å². The predicted molar refractivity (Wildman–Crippen MR) is 112 cm³/mol. The van der Waals surface area contributed by atoms with Crippen LogP contribution in [0.4, 0.5) is 0 Å². The van der Waals surface area contributed by atoms with Crippen molar-refractivity contribution in [1.82, 2.24) is 18.9 Å². The lowest BCUT2D eigenvalue weighted by atomic mass is 10.2. The first-order chi connectivity index (χ1) is 14.7. The van der Waals surface area contributed by atoms with Crippen LogP contribution in [0.5, 0.6) is 0 Å². The number of aryl methyl sites for hydroxylation is 3. The van der Waals surface area contributed by atoms with Gasteiger partial charge in [-0.05, 0) is 45.9 Å². The first-order valence-corrected chi connectivity index (χ1v) is 11.6. The Kier molecular flexibility index (Phi) is 5.52. The van der Waals surface area contributed by atoms with Crippen LogP contribution in [0.25, 0.3) is 0 Å². The molecule has 0 atom stereocenters. The molecule has 4 heterocycles. The summed E-state index contributed by atoms with van der Waals surface area (Å²) in [5.74, 6) is 1.01. The molecule has 0 bridgehead atoms. The molecule has 0 aromatic carbocycles. The number of hydrogen-bond donors (Lipinski definition) is 0. The van der Waals surface area contributed by atoms with Crippen molar-refractivity contribution in [3.05, 3.63) is 58.6 Å². The first kappa shape index (κ1) is 21.4. The van der Waals surface area contributed by atoms with Crippen LogP contribution in [0.15, 0.2) is 38.3 Å². The summed E-state index contributed by atoms with van der Waals surface area (Å²) >= 11 is 0. The summed E-state index contributed by atoms with van der Waals surface area (Å²) in [7, 11) is -3.71. The third-order valence-electron chi connectivity index (χ3n) is 5.79. The van der Waals surface area contributed by atoms with E-state index in [1.807, 2.05) is 36.6 Å². The van der Waals surface area contributed by atoms with Gasteiger partial charge in [-0.1, -0.05) is 5.16 Å². The summed E-state index contributed by atoms with van der Waals surface area (Å²) in [6, 6.07) is 5.62. The average Bonchev–Trinajstić information content (AvgIpc) is 3.44. The van der Waals surface area contributed by atoms with Crippen LogP contribution in [0.2, 0.25) is 0 Å². The fourth-order valence-electron chi connectivity index (χ4n) is 4.09. The van der Waals surface area contributed by atoms with Crippen molar-refractivity contribution in [2.75, 3.05) is 26.2 Å². The van der Waals surface area contributed by atoms with Crippen molar-refractivity contribution in [2.45, 2.75) is 39.1 Å². The highest BCUT2D eigenvalue weighted by Gasteiger charge is 2.35. The Morgan fingerprint density at radius 2 is 1.84 bits per heavy atom. The summed E-state index contributed by atoms with van der Waals surface area (Å²) in [6.45, 7) is 8.73. The van der Waals surface area contributed by atoms with Gasteiger partial charge in [-0.3, -0.25) is 4.79 Å². The molecule has 0 spiro atoms. The minimum absolute atomic E-state index is 0.0896. The van der Waals surface area contributed by atoms with Crippen LogP contribution in [0.1, 0.15) is 39.0 Å². The minimum atomic E-state index is -3.71. The Morgan fingerprint density at radius 1 is 1.13 bits per heavy atom. The monoisotopic (exact) mass is 446 g/mol. The molecule has 1 aliphatic heterocycles. The molecule has 4 rings (SSSR count). The van der Waals surface area contributed by atoms with Crippen LogP contribution in [0.3, 0.4) is 0 Å². The van der Waals surface area contributed by atoms with Crippen LogP contribution < -0.4 is 0 Å². The van der Waals surface area contributed by atoms with E-state index < -0.39 is 10.0 Å². The maximum atomic E-state index is 13.2. The molecular weight excluding hydrogens is 420 g/mol. The zero-order chi connectivity index (χ0) is 22.3. The molecule has 10 heteroatoms. The molecule has 3 aromatic heterocycles. The Morgan fingerprint density at radius 3 is 2.42 bits per heavy atom. The number of nitrogens with zero attached hydrogens (tertiary/aromatic N) is 4. The number of carbonyl (C=O) groups is 1. The van der Waals surface area contributed by atoms with Gasteiger partial charge in [0.2, 0.25) is 10.0 Å². The molecule has 1 aliphatic rings. The average molecular weight is 447 g/mol. The molecule has 3 aromatic rings. The van der Waals surface area contributed by atoms with E-state index >= 15 is 0 Å². The highest BCUT2D eigenvalue weighted by Crippen LogP contribution is 2.25. The van der Waals surface area contributed by atoms with Gasteiger partial charge in [0.25, 0.3) is 5.91 Å². The molecular formula is C21H26N4O5S. The second-order valence-corrected chi connectivity index (χ2v) is 9.67. The highest BCUT2D eigenvalue weighted by molar-refractivity contribution is 7.89. The van der Waals surface area contributed by atoms with Gasteiger partial charge in [0.05, 0.1) is 18.4 Å². The molecule has 0 N–H and O–H groups in total. The molecule has 31 heavy (non-hydrogen) atoms. The number of aromatic nitrogens is 2. The topological polar surface area (TPSA) is 102 Å². The first-order valence-electron chi connectivity index (χ1n) is 10.1. The number of amides is 1. The highest BCUT2D eigenvalue weighted by atomic mass is 32.2. The summed E-state index contributed by atoms with van der Waals surface area (Å²) in [6.07, 6.45) is 1.63. The Hall–Kier alpha value is -2.85. The van der Waals surface area contributed by atoms with E-state index in [0.717, 1.165) is 17.1 Å². The van der Waals surface area contributed by atoms with Gasteiger partial charge < -0.3 is 18.4 Å². The van der Waals surface area contributed by atoms with Crippen molar-refractivity contribution in [3.8, 4) is 0 Å². The van der Waals surface area contributed by atoms with Crippen LogP contribution in [-0.4, -0.2) is 59.4 Å². The van der Waals surface area contributed by atoms with Gasteiger partial charge in [0, 0.05) is 37.6 Å². The van der Waals surface area contributed by atoms with E-state index in [2.05, 4.69) is 5.16 Å². The largest absolute Gasteiger partial charge is 0.467 e. The van der Waals surface area contributed by atoms with Gasteiger partial charge >= 0.3 is 0 Å². The van der Waals surface area contributed by atoms with Gasteiger partial charge in [-0.25, -0.2) is 8.42 Å². The van der Waals surface area contributed by atoms with Crippen LogP contribution in [0, 0.1) is 27.7 Å². The van der Waals surface area contributed by atoms with E-state index in [-0.39, 0.29) is 29.7 Å². The summed E-state index contributed by atoms with van der Waals surface area (Å²) in [4.78, 5) is 15.0. The number of hydrogen-bond acceptors (Lipinski definition) is 6. The maximum absolute atomic E-state index is 13.2. The lowest BCUT2D eigenvalue weighted by Gasteiger charge is -2.34. The SMILES string of the molecule is Cc1noc(C)c1S(=O)(=O)N1CCN(C(=O)c2cc(C)n(Cc3ccco3)c2C)CC1. The Balaban J connectivity index is 1.48. The fraction of sp³-hybridized carbons (Fsp3) is 0.429. The Bertz CT molecular complexity index is 1180. The summed E-state index contributed by atoms with van der Waals surface area (Å²) in [5.41, 5.74) is 2.81. The third-order valence-corrected chi connectivity index (χ3v) is 7.93. The molecule has 166 valence electrons. The summed E-state index contributed by atoms with van der Waals surface area (Å²) in [5, 5.41) is 3.75. The number of carbonyl (C=O) groups excluding carboxylic acids is 1. The predicted octanol–water partition coefficient (Wildman–Crippen LogP) is 2.50. The standard InChI is InChI=1S/C21H26N4O5S/c1-14-12-19(16(3)25(14)13-18-6-5-11-29-18)21(26)23-7-9-24(10-8-23)31(27,28)20-15(2)22-30-17(20)4/h5-6,11-12H,7-10,13H2,1-4H3. The molecule has 0 unspecified atom stereocenters. The van der Waals surface area contributed by atoms with E-state index in [1.165, 1.54) is 4.31 Å². The molecule has 1 fully saturated rings. The number of rotatable bonds is 5. The van der Waals surface area contributed by atoms with Crippen LogP contribution >= 0.6 is 0 Å². The van der Waals surface area contributed by atoms with E-state index in [0.29, 0.717) is 30.9 Å². The van der Waals surface area contributed by atoms with Gasteiger partial charge in [0.1, 0.15) is 16.3 Å². The van der Waals surface area contributed by atoms with Crippen molar-refractivity contribution >= 4 is 15.9 Å². The fourth-order valence-corrected chi connectivity index (χ4v) is 5.81. The molecule has 0 aliphatic carbocycles. The normalized spacial score (nSPS) is 15.5. The minimum Gasteiger partial charge on any atom is -0.467 e. The lowest BCUT2D eigenvalue weighted by Crippen LogP contribution is -2.50.